The number of rotatable bonds is 3. The lowest BCUT2D eigenvalue weighted by Gasteiger charge is -2.11. The Labute approximate surface area is 128 Å². The summed E-state index contributed by atoms with van der Waals surface area (Å²) < 4.78 is 15.0. The van der Waals surface area contributed by atoms with E-state index in [0.717, 1.165) is 21.3 Å². The number of aliphatic hydroxyl groups excluding tert-OH is 1. The molecule has 0 bridgehead atoms. The minimum absolute atomic E-state index is 0.312. The van der Waals surface area contributed by atoms with Crippen molar-refractivity contribution in [3.8, 4) is 0 Å². The Hall–Kier alpha value is -1.30. The van der Waals surface area contributed by atoms with Gasteiger partial charge in [0.05, 0.1) is 16.3 Å². The van der Waals surface area contributed by atoms with Crippen molar-refractivity contribution in [3.05, 3.63) is 63.3 Å². The maximum absolute atomic E-state index is 13.3. The summed E-state index contributed by atoms with van der Waals surface area (Å²) in [4.78, 5) is 4.31. The van der Waals surface area contributed by atoms with E-state index in [0.29, 0.717) is 10.9 Å². The zero-order valence-electron chi connectivity index (χ0n) is 10.4. The molecule has 3 aromatic rings. The Kier molecular flexibility index (Phi) is 3.83. The third-order valence-electron chi connectivity index (χ3n) is 3.06. The number of fused-ring (bicyclic) bond motifs is 1. The molecule has 2 aromatic heterocycles. The molecule has 0 saturated heterocycles. The van der Waals surface area contributed by atoms with Gasteiger partial charge in [-0.1, -0.05) is 15.9 Å². The fourth-order valence-electron chi connectivity index (χ4n) is 2.11. The molecule has 20 heavy (non-hydrogen) atoms. The summed E-state index contributed by atoms with van der Waals surface area (Å²) in [6.45, 7) is 0. The third kappa shape index (κ3) is 2.90. The molecule has 0 aliphatic carbocycles. The van der Waals surface area contributed by atoms with Crippen molar-refractivity contribution in [2.45, 2.75) is 12.5 Å². The highest BCUT2D eigenvalue weighted by atomic mass is 79.9. The zero-order valence-corrected chi connectivity index (χ0v) is 12.8. The highest BCUT2D eigenvalue weighted by Crippen LogP contribution is 2.25. The van der Waals surface area contributed by atoms with Crippen LogP contribution in [0.5, 0.6) is 0 Å². The molecule has 0 radical (unpaired) electrons. The standard InChI is InChI=1S/C15H11BrFNOS/c16-11-3-9(4-12(17)7-11)5-14(19)10-6-15-13(18-8-10)1-2-20-15/h1-4,6-8,14,19H,5H2. The summed E-state index contributed by atoms with van der Waals surface area (Å²) in [5.41, 5.74) is 2.43. The summed E-state index contributed by atoms with van der Waals surface area (Å²) in [6.07, 6.45) is 1.34. The van der Waals surface area contributed by atoms with Gasteiger partial charge in [0.15, 0.2) is 0 Å². The first-order valence-electron chi connectivity index (χ1n) is 6.08. The molecule has 0 saturated carbocycles. The Morgan fingerprint density at radius 3 is 2.95 bits per heavy atom. The second-order valence-corrected chi connectivity index (χ2v) is 6.43. The van der Waals surface area contributed by atoms with E-state index in [1.807, 2.05) is 23.6 Å². The molecule has 2 nitrogen and oxygen atoms in total. The van der Waals surface area contributed by atoms with Gasteiger partial charge in [0, 0.05) is 22.7 Å². The number of hydrogen-bond donors (Lipinski definition) is 1. The zero-order chi connectivity index (χ0) is 14.1. The van der Waals surface area contributed by atoms with E-state index in [1.54, 1.807) is 17.5 Å². The predicted molar refractivity (Wildman–Crippen MR) is 82.4 cm³/mol. The van der Waals surface area contributed by atoms with Crippen LogP contribution < -0.4 is 0 Å². The number of nitrogens with zero attached hydrogens (tertiary/aromatic N) is 1. The van der Waals surface area contributed by atoms with Crippen LogP contribution >= 0.6 is 27.3 Å². The van der Waals surface area contributed by atoms with E-state index in [9.17, 15) is 9.50 Å². The quantitative estimate of drug-likeness (QED) is 0.754. The Bertz CT molecular complexity index is 738. The molecule has 5 heteroatoms. The van der Waals surface area contributed by atoms with Crippen molar-refractivity contribution in [1.82, 2.24) is 4.98 Å². The molecular weight excluding hydrogens is 341 g/mol. The first-order chi connectivity index (χ1) is 9.61. The van der Waals surface area contributed by atoms with Gasteiger partial charge in [-0.05, 0) is 41.3 Å². The average molecular weight is 352 g/mol. The molecule has 0 aliphatic rings. The fraction of sp³-hybridized carbons (Fsp3) is 0.133. The molecular formula is C15H11BrFNOS. The molecule has 1 unspecified atom stereocenters. The third-order valence-corrected chi connectivity index (χ3v) is 4.37. The number of aliphatic hydroxyl groups is 1. The number of aromatic nitrogens is 1. The van der Waals surface area contributed by atoms with E-state index in [-0.39, 0.29) is 5.82 Å². The van der Waals surface area contributed by atoms with E-state index < -0.39 is 6.10 Å². The second kappa shape index (κ2) is 5.60. The van der Waals surface area contributed by atoms with Crippen LogP contribution in [0.15, 0.2) is 46.4 Å². The normalized spacial score (nSPS) is 12.8. The van der Waals surface area contributed by atoms with Crippen LogP contribution in [0.1, 0.15) is 17.2 Å². The van der Waals surface area contributed by atoms with Gasteiger partial charge in [-0.2, -0.15) is 0 Å². The highest BCUT2D eigenvalue weighted by Gasteiger charge is 2.11. The molecule has 3 rings (SSSR count). The van der Waals surface area contributed by atoms with Gasteiger partial charge in [0.25, 0.3) is 0 Å². The van der Waals surface area contributed by atoms with Gasteiger partial charge in [0.2, 0.25) is 0 Å². The largest absolute Gasteiger partial charge is 0.388 e. The summed E-state index contributed by atoms with van der Waals surface area (Å²) in [5.74, 6) is -0.312. The van der Waals surface area contributed by atoms with Crippen LogP contribution in [0, 0.1) is 5.82 Å². The Morgan fingerprint density at radius 1 is 1.30 bits per heavy atom. The Balaban J connectivity index is 1.86. The first-order valence-corrected chi connectivity index (χ1v) is 7.75. The lowest BCUT2D eigenvalue weighted by Crippen LogP contribution is -2.02. The number of thiophene rings is 1. The Morgan fingerprint density at radius 2 is 2.15 bits per heavy atom. The van der Waals surface area contributed by atoms with Crippen LogP contribution in [-0.2, 0) is 6.42 Å². The van der Waals surface area contributed by atoms with Gasteiger partial charge in [-0.15, -0.1) is 11.3 Å². The summed E-state index contributed by atoms with van der Waals surface area (Å²) in [7, 11) is 0. The molecule has 0 fully saturated rings. The van der Waals surface area contributed by atoms with Crippen molar-refractivity contribution in [3.63, 3.8) is 0 Å². The minimum atomic E-state index is -0.692. The van der Waals surface area contributed by atoms with E-state index in [4.69, 9.17) is 0 Å². The topological polar surface area (TPSA) is 33.1 Å². The number of halogens is 2. The van der Waals surface area contributed by atoms with E-state index >= 15 is 0 Å². The van der Waals surface area contributed by atoms with E-state index in [2.05, 4.69) is 20.9 Å². The molecule has 0 aliphatic heterocycles. The van der Waals surface area contributed by atoms with Gasteiger partial charge in [0.1, 0.15) is 5.82 Å². The van der Waals surface area contributed by atoms with Crippen LogP contribution in [0.2, 0.25) is 0 Å². The summed E-state index contributed by atoms with van der Waals surface area (Å²) >= 11 is 4.84. The van der Waals surface area contributed by atoms with Crippen molar-refractivity contribution in [2.24, 2.45) is 0 Å². The number of pyridine rings is 1. The van der Waals surface area contributed by atoms with Crippen molar-refractivity contribution >= 4 is 37.5 Å². The van der Waals surface area contributed by atoms with Crippen LogP contribution in [0.4, 0.5) is 4.39 Å². The van der Waals surface area contributed by atoms with Crippen molar-refractivity contribution < 1.29 is 9.50 Å². The minimum Gasteiger partial charge on any atom is -0.388 e. The molecule has 1 N–H and O–H groups in total. The van der Waals surface area contributed by atoms with Crippen molar-refractivity contribution in [1.29, 1.82) is 0 Å². The molecule has 0 spiro atoms. The smallest absolute Gasteiger partial charge is 0.124 e. The SMILES string of the molecule is OC(Cc1cc(F)cc(Br)c1)c1cnc2ccsc2c1. The van der Waals surface area contributed by atoms with Gasteiger partial charge < -0.3 is 5.11 Å². The van der Waals surface area contributed by atoms with Gasteiger partial charge >= 0.3 is 0 Å². The van der Waals surface area contributed by atoms with Gasteiger partial charge in [-0.25, -0.2) is 4.39 Å². The molecule has 1 atom stereocenters. The maximum atomic E-state index is 13.3. The summed E-state index contributed by atoms with van der Waals surface area (Å²) in [5, 5.41) is 12.2. The summed E-state index contributed by atoms with van der Waals surface area (Å²) in [6, 6.07) is 8.52. The first kappa shape index (κ1) is 13.7. The number of benzene rings is 1. The predicted octanol–water partition coefficient (Wildman–Crippen LogP) is 4.47. The lowest BCUT2D eigenvalue weighted by molar-refractivity contribution is 0.178. The molecule has 0 amide bonds. The second-order valence-electron chi connectivity index (χ2n) is 4.57. The molecule has 102 valence electrons. The monoisotopic (exact) mass is 351 g/mol. The molecule has 2 heterocycles. The van der Waals surface area contributed by atoms with Crippen LogP contribution in [-0.4, -0.2) is 10.1 Å². The fourth-order valence-corrected chi connectivity index (χ4v) is 3.42. The van der Waals surface area contributed by atoms with Gasteiger partial charge in [-0.3, -0.25) is 4.98 Å². The lowest BCUT2D eigenvalue weighted by atomic mass is 10.0. The van der Waals surface area contributed by atoms with Crippen LogP contribution in [0.25, 0.3) is 10.2 Å². The van der Waals surface area contributed by atoms with Crippen LogP contribution in [0.3, 0.4) is 0 Å². The highest BCUT2D eigenvalue weighted by molar-refractivity contribution is 9.10. The van der Waals surface area contributed by atoms with E-state index in [1.165, 1.54) is 12.1 Å². The van der Waals surface area contributed by atoms with Crippen molar-refractivity contribution in [2.75, 3.05) is 0 Å². The number of hydrogen-bond acceptors (Lipinski definition) is 3. The average Bonchev–Trinajstić information content (AvgIpc) is 2.84. The maximum Gasteiger partial charge on any atom is 0.124 e. The molecule has 1 aromatic carbocycles.